The van der Waals surface area contributed by atoms with Gasteiger partial charge in [-0.05, 0) is 26.2 Å². The summed E-state index contributed by atoms with van der Waals surface area (Å²) in [5, 5.41) is 0.0142. The van der Waals surface area contributed by atoms with Crippen molar-refractivity contribution in [2.24, 2.45) is 0 Å². The van der Waals surface area contributed by atoms with E-state index in [2.05, 4.69) is 20.8 Å². The van der Waals surface area contributed by atoms with Crippen molar-refractivity contribution in [3.63, 3.8) is 0 Å². The fourth-order valence-electron chi connectivity index (χ4n) is 3.98. The number of alkyl halides is 1. The highest BCUT2D eigenvalue weighted by atomic mass is 35.5. The Balaban J connectivity index is 4.55. The maximum atomic E-state index is 6.45. The van der Waals surface area contributed by atoms with Crippen LogP contribution in [-0.4, -0.2) is 34.0 Å². The Labute approximate surface area is 208 Å². The quantitative estimate of drug-likeness (QED) is 0.0682. The molecule has 0 heterocycles. The first-order chi connectivity index (χ1) is 15.6. The van der Waals surface area contributed by atoms with E-state index in [0.29, 0.717) is 0 Å². The van der Waals surface area contributed by atoms with Crippen molar-refractivity contribution in [2.45, 2.75) is 155 Å². The summed E-state index contributed by atoms with van der Waals surface area (Å²) < 4.78 is 19.3. The van der Waals surface area contributed by atoms with Gasteiger partial charge in [0.1, 0.15) is 0 Å². The Morgan fingerprint density at radius 2 is 0.781 bits per heavy atom. The molecule has 1 unspecified atom stereocenters. The van der Waals surface area contributed by atoms with Crippen LogP contribution in [0.1, 0.15) is 143 Å². The van der Waals surface area contributed by atoms with E-state index >= 15 is 0 Å². The number of halogens is 1. The fourth-order valence-corrected chi connectivity index (χ4v) is 7.20. The molecule has 0 amide bonds. The van der Waals surface area contributed by atoms with E-state index < -0.39 is 8.80 Å². The van der Waals surface area contributed by atoms with Crippen molar-refractivity contribution < 1.29 is 13.3 Å². The van der Waals surface area contributed by atoms with E-state index in [-0.39, 0.29) is 5.38 Å². The topological polar surface area (TPSA) is 27.7 Å². The van der Waals surface area contributed by atoms with Crippen molar-refractivity contribution in [1.29, 1.82) is 0 Å². The largest absolute Gasteiger partial charge is 0.502 e. The lowest BCUT2D eigenvalue weighted by atomic mass is 10.1. The highest BCUT2D eigenvalue weighted by molar-refractivity contribution is 6.61. The number of hydrogen-bond donors (Lipinski definition) is 0. The molecule has 32 heavy (non-hydrogen) atoms. The van der Waals surface area contributed by atoms with Gasteiger partial charge in [-0.3, -0.25) is 0 Å². The van der Waals surface area contributed by atoms with Gasteiger partial charge in [0.05, 0.1) is 0 Å². The zero-order valence-corrected chi connectivity index (χ0v) is 24.0. The maximum Gasteiger partial charge on any atom is 0.502 e. The van der Waals surface area contributed by atoms with Gasteiger partial charge in [-0.2, -0.15) is 0 Å². The molecule has 3 nitrogen and oxygen atoms in total. The Hall–Kier alpha value is 0.387. The molecule has 0 fully saturated rings. The van der Waals surface area contributed by atoms with Crippen LogP contribution in [0.3, 0.4) is 0 Å². The van der Waals surface area contributed by atoms with Crippen LogP contribution in [0.4, 0.5) is 0 Å². The molecule has 0 rings (SSSR count). The fraction of sp³-hybridized carbons (Fsp3) is 1.00. The minimum atomic E-state index is -2.72. The molecule has 0 aromatic carbocycles. The van der Waals surface area contributed by atoms with E-state index in [4.69, 9.17) is 24.9 Å². The van der Waals surface area contributed by atoms with Gasteiger partial charge in [-0.25, -0.2) is 0 Å². The van der Waals surface area contributed by atoms with Crippen LogP contribution in [0.25, 0.3) is 0 Å². The van der Waals surface area contributed by atoms with Gasteiger partial charge >= 0.3 is 8.80 Å². The molecule has 0 saturated heterocycles. The molecule has 0 aromatic rings. The summed E-state index contributed by atoms with van der Waals surface area (Å²) in [6.07, 6.45) is 22.8. The number of hydrogen-bond acceptors (Lipinski definition) is 3. The minimum Gasteiger partial charge on any atom is -0.373 e. The average Bonchev–Trinajstić information content (AvgIpc) is 2.77. The van der Waals surface area contributed by atoms with Gasteiger partial charge in [-0.1, -0.05) is 117 Å². The second-order valence-electron chi connectivity index (χ2n) is 9.52. The van der Waals surface area contributed by atoms with Crippen LogP contribution in [0, 0.1) is 0 Å². The van der Waals surface area contributed by atoms with E-state index in [1.165, 1.54) is 96.3 Å². The summed E-state index contributed by atoms with van der Waals surface area (Å²) in [5.74, 6) is 0. The predicted molar refractivity (Wildman–Crippen MR) is 144 cm³/mol. The minimum absolute atomic E-state index is 0.0142. The zero-order valence-electron chi connectivity index (χ0n) is 22.2. The molecule has 0 aliphatic heterocycles. The Morgan fingerprint density at radius 1 is 0.500 bits per heavy atom. The molecule has 5 heteroatoms. The van der Waals surface area contributed by atoms with E-state index in [1.807, 2.05) is 6.92 Å². The lowest BCUT2D eigenvalue weighted by molar-refractivity contribution is 0.0553. The molecular weight excluding hydrogens is 436 g/mol. The maximum absolute atomic E-state index is 6.45. The lowest BCUT2D eigenvalue weighted by Gasteiger charge is -2.31. The molecule has 0 N–H and O–H groups in total. The van der Waals surface area contributed by atoms with Gasteiger partial charge in [0.2, 0.25) is 0 Å². The third-order valence-electron chi connectivity index (χ3n) is 5.99. The molecule has 0 radical (unpaired) electrons. The monoisotopic (exact) mass is 492 g/mol. The number of rotatable bonds is 26. The second kappa shape index (κ2) is 24.5. The Kier molecular flexibility index (Phi) is 24.8. The zero-order chi connectivity index (χ0) is 23.8. The summed E-state index contributed by atoms with van der Waals surface area (Å²) in [7, 11) is -2.72. The molecular formula is C27H57ClO3Si. The molecule has 0 aliphatic carbocycles. The molecule has 0 aliphatic rings. The Morgan fingerprint density at radius 3 is 1.06 bits per heavy atom. The lowest BCUT2D eigenvalue weighted by Crippen LogP contribution is -2.48. The first-order valence-corrected chi connectivity index (χ1v) is 16.5. The second-order valence-corrected chi connectivity index (χ2v) is 12.9. The average molecular weight is 493 g/mol. The highest BCUT2D eigenvalue weighted by Crippen LogP contribution is 2.23. The summed E-state index contributed by atoms with van der Waals surface area (Å²) >= 11 is 6.45. The van der Waals surface area contributed by atoms with Crippen molar-refractivity contribution >= 4 is 20.4 Å². The molecule has 0 aromatic heterocycles. The van der Waals surface area contributed by atoms with E-state index in [0.717, 1.165) is 45.1 Å². The van der Waals surface area contributed by atoms with Gasteiger partial charge in [0.15, 0.2) is 0 Å². The smallest absolute Gasteiger partial charge is 0.373 e. The third-order valence-corrected chi connectivity index (χ3v) is 9.45. The van der Waals surface area contributed by atoms with Crippen molar-refractivity contribution in [2.75, 3.05) is 19.8 Å². The molecule has 1 atom stereocenters. The van der Waals surface area contributed by atoms with Crippen LogP contribution in [-0.2, 0) is 13.3 Å². The van der Waals surface area contributed by atoms with Crippen LogP contribution in [0.2, 0.25) is 6.04 Å². The van der Waals surface area contributed by atoms with Gasteiger partial charge in [0.25, 0.3) is 0 Å². The van der Waals surface area contributed by atoms with Gasteiger partial charge < -0.3 is 13.3 Å². The van der Waals surface area contributed by atoms with Crippen molar-refractivity contribution in [3.05, 3.63) is 0 Å². The summed E-state index contributed by atoms with van der Waals surface area (Å²) in [6, 6.07) is 0.718. The molecule has 194 valence electrons. The summed E-state index contributed by atoms with van der Waals surface area (Å²) in [6.45, 7) is 11.1. The van der Waals surface area contributed by atoms with Crippen molar-refractivity contribution in [3.8, 4) is 0 Å². The van der Waals surface area contributed by atoms with Crippen LogP contribution in [0.15, 0.2) is 0 Å². The predicted octanol–water partition coefficient (Wildman–Crippen LogP) is 9.68. The van der Waals surface area contributed by atoms with E-state index in [1.54, 1.807) is 0 Å². The molecule has 0 spiro atoms. The van der Waals surface area contributed by atoms with Gasteiger partial charge in [-0.15, -0.1) is 11.6 Å². The first kappa shape index (κ1) is 32.4. The SMILES string of the molecule is CCCCCCCCO[Si](CC(C)Cl)(OCCCCCCCC)OCCCCCCCC. The van der Waals surface area contributed by atoms with Crippen molar-refractivity contribution in [1.82, 2.24) is 0 Å². The highest BCUT2D eigenvalue weighted by Gasteiger charge is 2.42. The van der Waals surface area contributed by atoms with Crippen LogP contribution < -0.4 is 0 Å². The first-order valence-electron chi connectivity index (χ1n) is 14.2. The molecule has 0 bridgehead atoms. The standard InChI is InChI=1S/C27H57ClO3Si/c1-5-8-11-14-17-20-23-29-32(26-27(4)28,30-24-21-18-15-12-9-6-2)31-25-22-19-16-13-10-7-3/h27H,5-26H2,1-4H3. The normalized spacial score (nSPS) is 13.0. The molecule has 0 saturated carbocycles. The van der Waals surface area contributed by atoms with Gasteiger partial charge in [0, 0.05) is 31.2 Å². The number of unbranched alkanes of at least 4 members (excludes halogenated alkanes) is 15. The van der Waals surface area contributed by atoms with Crippen LogP contribution >= 0.6 is 11.6 Å². The van der Waals surface area contributed by atoms with E-state index in [9.17, 15) is 0 Å². The third kappa shape index (κ3) is 21.0. The summed E-state index contributed by atoms with van der Waals surface area (Å²) in [4.78, 5) is 0. The Bertz CT molecular complexity index is 323. The van der Waals surface area contributed by atoms with Crippen LogP contribution in [0.5, 0.6) is 0 Å². The summed E-state index contributed by atoms with van der Waals surface area (Å²) in [5.41, 5.74) is 0.